The van der Waals surface area contributed by atoms with E-state index in [1.54, 1.807) is 29.2 Å². The summed E-state index contributed by atoms with van der Waals surface area (Å²) < 4.78 is 41.0. The first kappa shape index (κ1) is 24.1. The molecule has 1 aromatic carbocycles. The van der Waals surface area contributed by atoms with Gasteiger partial charge in [-0.2, -0.15) is 18.3 Å². The van der Waals surface area contributed by atoms with Gasteiger partial charge in [-0.15, -0.1) is 0 Å². The molecule has 0 aliphatic rings. The molecule has 0 bridgehead atoms. The predicted molar refractivity (Wildman–Crippen MR) is 125 cm³/mol. The third-order valence-electron chi connectivity index (χ3n) is 5.50. The molecule has 3 aromatic heterocycles. The molecule has 0 aliphatic heterocycles. The van der Waals surface area contributed by atoms with Crippen molar-refractivity contribution < 1.29 is 18.0 Å². The topological polar surface area (TPSA) is 85.6 Å². The van der Waals surface area contributed by atoms with Gasteiger partial charge in [0.05, 0.1) is 29.6 Å². The summed E-state index contributed by atoms with van der Waals surface area (Å²) in [5, 5.41) is 6.81. The number of carbonyl (C=O) groups is 1. The average molecular weight is 480 g/mol. The van der Waals surface area contributed by atoms with Crippen molar-refractivity contribution in [1.82, 2.24) is 24.7 Å². The largest absolute Gasteiger partial charge is 0.418 e. The summed E-state index contributed by atoms with van der Waals surface area (Å²) in [6.07, 6.45) is 2.73. The summed E-state index contributed by atoms with van der Waals surface area (Å²) in [6, 6.07) is 8.16. The monoisotopic (exact) mass is 480 g/mol. The lowest BCUT2D eigenvalue weighted by Gasteiger charge is -2.12. The third-order valence-corrected chi connectivity index (χ3v) is 5.50. The van der Waals surface area contributed by atoms with Crippen LogP contribution in [0.3, 0.4) is 0 Å². The number of amides is 1. The van der Waals surface area contributed by atoms with Crippen molar-refractivity contribution in [2.24, 2.45) is 7.05 Å². The van der Waals surface area contributed by atoms with Gasteiger partial charge in [-0.1, -0.05) is 24.3 Å². The molecule has 4 rings (SSSR count). The SMILES string of the molecule is Cc1nn(C)cc1Cc1ncc(-c2ccc(CC(=O)Nc3cnc(C)c(C(F)(F)F)c3)cc2)cn1. The van der Waals surface area contributed by atoms with Gasteiger partial charge >= 0.3 is 6.18 Å². The average Bonchev–Trinajstić information content (AvgIpc) is 3.12. The number of hydrogen-bond acceptors (Lipinski definition) is 5. The predicted octanol–water partition coefficient (Wildman–Crippen LogP) is 4.68. The standard InChI is InChI=1S/C25H23F3N6O/c1-15-19(14-34(3)33-15)9-23-30-11-20(12-31-23)18-6-4-17(5-7-18)8-24(35)32-21-10-22(25(26,27)28)16(2)29-13-21/h4-7,10-14H,8-9H2,1-3H3,(H,32,35). The number of rotatable bonds is 6. The number of pyridine rings is 1. The Morgan fingerprint density at radius 2 is 1.66 bits per heavy atom. The van der Waals surface area contributed by atoms with Gasteiger partial charge in [0.1, 0.15) is 5.82 Å². The minimum Gasteiger partial charge on any atom is -0.324 e. The van der Waals surface area contributed by atoms with E-state index in [-0.39, 0.29) is 17.8 Å². The summed E-state index contributed by atoms with van der Waals surface area (Å²) >= 11 is 0. The normalized spacial score (nSPS) is 11.5. The zero-order valence-corrected chi connectivity index (χ0v) is 19.4. The van der Waals surface area contributed by atoms with E-state index in [1.165, 1.54) is 13.1 Å². The fourth-order valence-electron chi connectivity index (χ4n) is 3.68. The Balaban J connectivity index is 1.38. The lowest BCUT2D eigenvalue weighted by Crippen LogP contribution is -2.16. The van der Waals surface area contributed by atoms with Gasteiger partial charge in [0.15, 0.2) is 0 Å². The molecule has 1 amide bonds. The van der Waals surface area contributed by atoms with Crippen molar-refractivity contribution in [2.45, 2.75) is 32.9 Å². The summed E-state index contributed by atoms with van der Waals surface area (Å²) in [6.45, 7) is 3.22. The van der Waals surface area contributed by atoms with Crippen LogP contribution in [0.4, 0.5) is 18.9 Å². The molecule has 10 heteroatoms. The van der Waals surface area contributed by atoms with Crippen LogP contribution in [0.5, 0.6) is 0 Å². The molecule has 35 heavy (non-hydrogen) atoms. The van der Waals surface area contributed by atoms with Gasteiger partial charge in [-0.05, 0) is 31.0 Å². The highest BCUT2D eigenvalue weighted by Gasteiger charge is 2.33. The number of alkyl halides is 3. The van der Waals surface area contributed by atoms with Crippen LogP contribution in [0, 0.1) is 13.8 Å². The summed E-state index contributed by atoms with van der Waals surface area (Å²) in [7, 11) is 1.87. The maximum absolute atomic E-state index is 13.1. The smallest absolute Gasteiger partial charge is 0.324 e. The second kappa shape index (κ2) is 9.65. The minimum atomic E-state index is -4.53. The van der Waals surface area contributed by atoms with E-state index in [1.807, 2.05) is 32.3 Å². The van der Waals surface area contributed by atoms with Gasteiger partial charge in [0.2, 0.25) is 5.91 Å². The number of aryl methyl sites for hydroxylation is 3. The molecule has 4 aromatic rings. The van der Waals surface area contributed by atoms with E-state index in [9.17, 15) is 18.0 Å². The lowest BCUT2D eigenvalue weighted by molar-refractivity contribution is -0.138. The molecule has 3 heterocycles. The van der Waals surface area contributed by atoms with Gasteiger partial charge in [-0.25, -0.2) is 9.97 Å². The fourth-order valence-corrected chi connectivity index (χ4v) is 3.68. The van der Waals surface area contributed by atoms with Crippen LogP contribution in [0.2, 0.25) is 0 Å². The molecule has 180 valence electrons. The number of hydrogen-bond donors (Lipinski definition) is 1. The summed E-state index contributed by atoms with van der Waals surface area (Å²) in [5.74, 6) is 0.257. The first-order valence-electron chi connectivity index (χ1n) is 10.8. The van der Waals surface area contributed by atoms with Gasteiger partial charge in [-0.3, -0.25) is 14.5 Å². The Labute approximate surface area is 200 Å². The van der Waals surface area contributed by atoms with Crippen molar-refractivity contribution in [3.63, 3.8) is 0 Å². The van der Waals surface area contributed by atoms with E-state index in [2.05, 4.69) is 25.4 Å². The molecule has 0 atom stereocenters. The molecule has 0 aliphatic carbocycles. The number of nitrogens with one attached hydrogen (secondary N) is 1. The van der Waals surface area contributed by atoms with Crippen molar-refractivity contribution in [2.75, 3.05) is 5.32 Å². The molecule has 1 N–H and O–H groups in total. The van der Waals surface area contributed by atoms with Gasteiger partial charge in [0.25, 0.3) is 0 Å². The van der Waals surface area contributed by atoms with E-state index >= 15 is 0 Å². The quantitative estimate of drug-likeness (QED) is 0.433. The van der Waals surface area contributed by atoms with Crippen LogP contribution in [0.1, 0.15) is 33.9 Å². The van der Waals surface area contributed by atoms with Crippen molar-refractivity contribution in [3.8, 4) is 11.1 Å². The van der Waals surface area contributed by atoms with Crippen LogP contribution in [0.15, 0.2) is 55.1 Å². The Hall–Kier alpha value is -4.08. The molecule has 7 nitrogen and oxygen atoms in total. The first-order chi connectivity index (χ1) is 16.6. The summed E-state index contributed by atoms with van der Waals surface area (Å²) in [5.41, 5.74) is 3.43. The van der Waals surface area contributed by atoms with E-state index in [0.29, 0.717) is 17.8 Å². The Morgan fingerprint density at radius 1 is 0.971 bits per heavy atom. The molecule has 0 spiro atoms. The van der Waals surface area contributed by atoms with Crippen molar-refractivity contribution in [1.29, 1.82) is 0 Å². The maximum Gasteiger partial charge on any atom is 0.418 e. The second-order valence-corrected chi connectivity index (χ2v) is 8.25. The van der Waals surface area contributed by atoms with Gasteiger partial charge in [0, 0.05) is 48.9 Å². The molecular weight excluding hydrogens is 457 g/mol. The zero-order valence-electron chi connectivity index (χ0n) is 19.4. The van der Waals surface area contributed by atoms with E-state index in [4.69, 9.17) is 0 Å². The number of aromatic nitrogens is 5. The lowest BCUT2D eigenvalue weighted by atomic mass is 10.0. The highest BCUT2D eigenvalue weighted by atomic mass is 19.4. The van der Waals surface area contributed by atoms with E-state index < -0.39 is 17.6 Å². The number of anilines is 1. The first-order valence-corrected chi connectivity index (χ1v) is 10.8. The second-order valence-electron chi connectivity index (χ2n) is 8.25. The number of halogens is 3. The third kappa shape index (κ3) is 5.89. The number of benzene rings is 1. The molecule has 0 fully saturated rings. The molecular formula is C25H23F3N6O. The van der Waals surface area contributed by atoms with Crippen LogP contribution in [-0.4, -0.2) is 30.6 Å². The minimum absolute atomic E-state index is 0.00302. The summed E-state index contributed by atoms with van der Waals surface area (Å²) in [4.78, 5) is 25.0. The Morgan fingerprint density at radius 3 is 2.26 bits per heavy atom. The Bertz CT molecular complexity index is 1350. The Kier molecular flexibility index (Phi) is 6.63. The van der Waals surface area contributed by atoms with Crippen LogP contribution in [-0.2, 0) is 30.9 Å². The van der Waals surface area contributed by atoms with Crippen LogP contribution < -0.4 is 5.32 Å². The fraction of sp³-hybridized carbons (Fsp3) is 0.240. The van der Waals surface area contributed by atoms with Crippen molar-refractivity contribution in [3.05, 3.63) is 89.0 Å². The van der Waals surface area contributed by atoms with Gasteiger partial charge < -0.3 is 5.32 Å². The number of carbonyl (C=O) groups excluding carboxylic acids is 1. The maximum atomic E-state index is 13.1. The molecule has 0 radical (unpaired) electrons. The number of nitrogens with zero attached hydrogens (tertiary/aromatic N) is 5. The van der Waals surface area contributed by atoms with Crippen molar-refractivity contribution >= 4 is 11.6 Å². The highest BCUT2D eigenvalue weighted by molar-refractivity contribution is 5.92. The highest BCUT2D eigenvalue weighted by Crippen LogP contribution is 2.32. The van der Waals surface area contributed by atoms with Crippen LogP contribution in [0.25, 0.3) is 11.1 Å². The van der Waals surface area contributed by atoms with Crippen LogP contribution >= 0.6 is 0 Å². The zero-order chi connectivity index (χ0) is 25.2. The molecule has 0 unspecified atom stereocenters. The molecule has 0 saturated heterocycles. The molecule has 0 saturated carbocycles. The van der Waals surface area contributed by atoms with E-state index in [0.717, 1.165) is 28.5 Å².